The standard InChI is InChI=1S/C17H25N3O3/c1-12(7-9-21)10-20-17(22)18-8-6-13-11-19-14-4-3-5-15(23-2)16(13)14/h3-5,11-12,19,21H,6-10H2,1-2H3,(H2,18,20,22). The van der Waals surface area contributed by atoms with E-state index in [1.165, 1.54) is 0 Å². The third-order valence-corrected chi connectivity index (χ3v) is 3.88. The fraction of sp³-hybridized carbons (Fsp3) is 0.471. The zero-order chi connectivity index (χ0) is 16.7. The van der Waals surface area contributed by atoms with Crippen molar-refractivity contribution in [3.63, 3.8) is 0 Å². The monoisotopic (exact) mass is 319 g/mol. The number of urea groups is 1. The maximum atomic E-state index is 11.7. The van der Waals surface area contributed by atoms with E-state index in [0.29, 0.717) is 19.5 Å². The number of hydrogen-bond acceptors (Lipinski definition) is 3. The molecule has 0 radical (unpaired) electrons. The number of benzene rings is 1. The molecule has 0 aliphatic heterocycles. The van der Waals surface area contributed by atoms with Crippen LogP contribution in [0.1, 0.15) is 18.9 Å². The van der Waals surface area contributed by atoms with Gasteiger partial charge in [0, 0.05) is 36.8 Å². The van der Waals surface area contributed by atoms with Gasteiger partial charge in [0.05, 0.1) is 7.11 Å². The van der Waals surface area contributed by atoms with Crippen LogP contribution in [0.15, 0.2) is 24.4 Å². The van der Waals surface area contributed by atoms with Gasteiger partial charge in [-0.2, -0.15) is 0 Å². The highest BCUT2D eigenvalue weighted by atomic mass is 16.5. The zero-order valence-corrected chi connectivity index (χ0v) is 13.7. The molecule has 0 aliphatic rings. The lowest BCUT2D eigenvalue weighted by Crippen LogP contribution is -2.38. The molecule has 2 amide bonds. The van der Waals surface area contributed by atoms with Gasteiger partial charge in [-0.3, -0.25) is 0 Å². The van der Waals surface area contributed by atoms with Crippen LogP contribution in [-0.2, 0) is 6.42 Å². The van der Waals surface area contributed by atoms with Crippen LogP contribution >= 0.6 is 0 Å². The summed E-state index contributed by atoms with van der Waals surface area (Å²) < 4.78 is 5.40. The molecule has 0 bridgehead atoms. The number of aromatic amines is 1. The van der Waals surface area contributed by atoms with Crippen molar-refractivity contribution in [1.29, 1.82) is 0 Å². The molecule has 6 nitrogen and oxygen atoms in total. The lowest BCUT2D eigenvalue weighted by Gasteiger charge is -2.12. The van der Waals surface area contributed by atoms with Crippen LogP contribution in [0.25, 0.3) is 10.9 Å². The Kier molecular flexibility index (Phi) is 6.29. The normalized spacial score (nSPS) is 12.1. The van der Waals surface area contributed by atoms with E-state index in [2.05, 4.69) is 15.6 Å². The van der Waals surface area contributed by atoms with Gasteiger partial charge in [-0.05, 0) is 36.5 Å². The molecular weight excluding hydrogens is 294 g/mol. The molecular formula is C17H25N3O3. The minimum absolute atomic E-state index is 0.146. The van der Waals surface area contributed by atoms with E-state index < -0.39 is 0 Å². The number of amides is 2. The Hall–Kier alpha value is -2.21. The molecule has 0 saturated heterocycles. The van der Waals surface area contributed by atoms with E-state index in [-0.39, 0.29) is 18.6 Å². The highest BCUT2D eigenvalue weighted by molar-refractivity contribution is 5.89. The first-order valence-corrected chi connectivity index (χ1v) is 7.91. The quantitative estimate of drug-likeness (QED) is 0.600. The molecule has 0 aliphatic carbocycles. The minimum atomic E-state index is -0.179. The lowest BCUT2D eigenvalue weighted by molar-refractivity contribution is 0.234. The number of methoxy groups -OCH3 is 1. The highest BCUT2D eigenvalue weighted by Crippen LogP contribution is 2.28. The van der Waals surface area contributed by atoms with Crippen LogP contribution in [0.3, 0.4) is 0 Å². The van der Waals surface area contributed by atoms with Gasteiger partial charge in [0.2, 0.25) is 0 Å². The minimum Gasteiger partial charge on any atom is -0.496 e. The summed E-state index contributed by atoms with van der Waals surface area (Å²) in [6.45, 7) is 3.25. The first-order chi connectivity index (χ1) is 11.2. The molecule has 2 aromatic rings. The van der Waals surface area contributed by atoms with E-state index in [0.717, 1.165) is 28.6 Å². The molecule has 4 N–H and O–H groups in total. The molecule has 0 saturated carbocycles. The molecule has 126 valence electrons. The van der Waals surface area contributed by atoms with Crippen LogP contribution in [0.4, 0.5) is 4.79 Å². The third-order valence-electron chi connectivity index (χ3n) is 3.88. The molecule has 1 aromatic carbocycles. The van der Waals surface area contributed by atoms with E-state index in [1.807, 2.05) is 31.3 Å². The van der Waals surface area contributed by atoms with Crippen molar-refractivity contribution in [2.24, 2.45) is 5.92 Å². The van der Waals surface area contributed by atoms with Crippen molar-refractivity contribution in [1.82, 2.24) is 15.6 Å². The number of rotatable bonds is 8. The highest BCUT2D eigenvalue weighted by Gasteiger charge is 2.09. The summed E-state index contributed by atoms with van der Waals surface area (Å²) in [6.07, 6.45) is 3.37. The summed E-state index contributed by atoms with van der Waals surface area (Å²) in [4.78, 5) is 15.0. The predicted molar refractivity (Wildman–Crippen MR) is 90.8 cm³/mol. The van der Waals surface area contributed by atoms with Crippen molar-refractivity contribution in [2.45, 2.75) is 19.8 Å². The van der Waals surface area contributed by atoms with Crippen molar-refractivity contribution in [3.8, 4) is 5.75 Å². The average Bonchev–Trinajstić information content (AvgIpc) is 2.96. The predicted octanol–water partition coefficient (Wildman–Crippen LogP) is 2.04. The number of aliphatic hydroxyl groups excluding tert-OH is 1. The molecule has 1 heterocycles. The Morgan fingerprint density at radius 1 is 1.39 bits per heavy atom. The van der Waals surface area contributed by atoms with E-state index in [4.69, 9.17) is 9.84 Å². The summed E-state index contributed by atoms with van der Waals surface area (Å²) in [6, 6.07) is 5.70. The lowest BCUT2D eigenvalue weighted by atomic mass is 10.1. The summed E-state index contributed by atoms with van der Waals surface area (Å²) in [7, 11) is 1.66. The Morgan fingerprint density at radius 3 is 2.96 bits per heavy atom. The fourth-order valence-corrected chi connectivity index (χ4v) is 2.55. The van der Waals surface area contributed by atoms with Gasteiger partial charge in [-0.15, -0.1) is 0 Å². The second-order valence-corrected chi connectivity index (χ2v) is 5.70. The second-order valence-electron chi connectivity index (χ2n) is 5.70. The number of H-pyrrole nitrogens is 1. The number of hydrogen-bond donors (Lipinski definition) is 4. The Labute approximate surface area is 136 Å². The Bertz CT molecular complexity index is 639. The first-order valence-electron chi connectivity index (χ1n) is 7.91. The first kappa shape index (κ1) is 17.1. The van der Waals surface area contributed by atoms with Gasteiger partial charge in [-0.25, -0.2) is 4.79 Å². The van der Waals surface area contributed by atoms with Gasteiger partial charge in [0.15, 0.2) is 0 Å². The van der Waals surface area contributed by atoms with Crippen LogP contribution in [0.5, 0.6) is 5.75 Å². The van der Waals surface area contributed by atoms with E-state index in [9.17, 15) is 4.79 Å². The zero-order valence-electron chi connectivity index (χ0n) is 13.7. The van der Waals surface area contributed by atoms with Crippen molar-refractivity contribution in [3.05, 3.63) is 30.0 Å². The number of carbonyl (C=O) groups is 1. The molecule has 1 aromatic heterocycles. The molecule has 6 heteroatoms. The Morgan fingerprint density at radius 2 is 2.22 bits per heavy atom. The third kappa shape index (κ3) is 4.63. The van der Waals surface area contributed by atoms with Crippen molar-refractivity contribution in [2.75, 3.05) is 26.8 Å². The van der Waals surface area contributed by atoms with Crippen LogP contribution < -0.4 is 15.4 Å². The smallest absolute Gasteiger partial charge is 0.314 e. The average molecular weight is 319 g/mol. The van der Waals surface area contributed by atoms with Gasteiger partial charge < -0.3 is 25.5 Å². The number of nitrogens with one attached hydrogen (secondary N) is 3. The molecule has 0 spiro atoms. The fourth-order valence-electron chi connectivity index (χ4n) is 2.55. The molecule has 1 unspecified atom stereocenters. The summed E-state index contributed by atoms with van der Waals surface area (Å²) in [5.74, 6) is 1.10. The molecule has 2 rings (SSSR count). The van der Waals surface area contributed by atoms with Gasteiger partial charge >= 0.3 is 6.03 Å². The number of aliphatic hydroxyl groups is 1. The van der Waals surface area contributed by atoms with Crippen LogP contribution in [-0.4, -0.2) is 42.9 Å². The van der Waals surface area contributed by atoms with Gasteiger partial charge in [0.25, 0.3) is 0 Å². The maximum Gasteiger partial charge on any atom is 0.314 e. The second kappa shape index (κ2) is 8.43. The van der Waals surface area contributed by atoms with E-state index >= 15 is 0 Å². The van der Waals surface area contributed by atoms with Crippen molar-refractivity contribution < 1.29 is 14.6 Å². The maximum absolute atomic E-state index is 11.7. The SMILES string of the molecule is COc1cccc2[nH]cc(CCNC(=O)NCC(C)CCO)c12. The molecule has 23 heavy (non-hydrogen) atoms. The number of aromatic nitrogens is 1. The molecule has 1 atom stereocenters. The number of fused-ring (bicyclic) bond motifs is 1. The van der Waals surface area contributed by atoms with Crippen LogP contribution in [0, 0.1) is 5.92 Å². The van der Waals surface area contributed by atoms with E-state index in [1.54, 1.807) is 7.11 Å². The molecule has 0 fully saturated rings. The van der Waals surface area contributed by atoms with Crippen molar-refractivity contribution >= 4 is 16.9 Å². The topological polar surface area (TPSA) is 86.4 Å². The number of carbonyl (C=O) groups excluding carboxylic acids is 1. The van der Waals surface area contributed by atoms with Gasteiger partial charge in [-0.1, -0.05) is 13.0 Å². The summed E-state index contributed by atoms with van der Waals surface area (Å²) >= 11 is 0. The summed E-state index contributed by atoms with van der Waals surface area (Å²) in [5, 5.41) is 15.6. The Balaban J connectivity index is 1.84. The largest absolute Gasteiger partial charge is 0.496 e. The summed E-state index contributed by atoms with van der Waals surface area (Å²) in [5.41, 5.74) is 2.15. The van der Waals surface area contributed by atoms with Crippen LogP contribution in [0.2, 0.25) is 0 Å². The number of ether oxygens (including phenoxy) is 1. The van der Waals surface area contributed by atoms with Gasteiger partial charge in [0.1, 0.15) is 5.75 Å².